The van der Waals surface area contributed by atoms with Crippen molar-refractivity contribution < 1.29 is 12.8 Å². The van der Waals surface area contributed by atoms with E-state index < -0.39 is 10.0 Å². The van der Waals surface area contributed by atoms with Crippen LogP contribution >= 0.6 is 11.3 Å². The number of benzene rings is 4. The van der Waals surface area contributed by atoms with Gasteiger partial charge in [-0.15, -0.1) is 11.3 Å². The monoisotopic (exact) mass is 460 g/mol. The third-order valence-corrected chi connectivity index (χ3v) is 7.33. The first kappa shape index (κ1) is 20.4. The molecule has 7 heteroatoms. The van der Waals surface area contributed by atoms with Crippen LogP contribution in [0.25, 0.3) is 32.6 Å². The SMILES string of the molecule is O=S(=O)(Nc1ccccc1-c1csc(-c2ccccc2F)n1)c1ccc2ccccc2c1. The second-order valence-corrected chi connectivity index (χ2v) is 9.72. The second kappa shape index (κ2) is 8.18. The molecule has 0 aliphatic carbocycles. The number of hydrogen-bond donors (Lipinski definition) is 1. The molecule has 0 unspecified atom stereocenters. The molecule has 0 radical (unpaired) electrons. The van der Waals surface area contributed by atoms with Crippen LogP contribution in [0.3, 0.4) is 0 Å². The fraction of sp³-hybridized carbons (Fsp3) is 0. The Hall–Kier alpha value is -3.55. The van der Waals surface area contributed by atoms with Gasteiger partial charge in [0.05, 0.1) is 16.3 Å². The summed E-state index contributed by atoms with van der Waals surface area (Å²) in [5.41, 5.74) is 2.02. The van der Waals surface area contributed by atoms with Gasteiger partial charge < -0.3 is 0 Å². The van der Waals surface area contributed by atoms with E-state index in [2.05, 4.69) is 9.71 Å². The van der Waals surface area contributed by atoms with Crippen molar-refractivity contribution >= 4 is 37.8 Å². The lowest BCUT2D eigenvalue weighted by Gasteiger charge is -2.12. The minimum Gasteiger partial charge on any atom is -0.279 e. The number of hydrogen-bond acceptors (Lipinski definition) is 4. The minimum atomic E-state index is -3.82. The van der Waals surface area contributed by atoms with Crippen molar-refractivity contribution in [3.8, 4) is 21.8 Å². The maximum absolute atomic E-state index is 14.2. The fourth-order valence-electron chi connectivity index (χ4n) is 3.49. The van der Waals surface area contributed by atoms with E-state index in [1.165, 1.54) is 17.4 Å². The maximum Gasteiger partial charge on any atom is 0.261 e. The second-order valence-electron chi connectivity index (χ2n) is 7.18. The highest BCUT2D eigenvalue weighted by Crippen LogP contribution is 2.34. The highest BCUT2D eigenvalue weighted by molar-refractivity contribution is 7.92. The van der Waals surface area contributed by atoms with Crippen molar-refractivity contribution in [1.82, 2.24) is 4.98 Å². The van der Waals surface area contributed by atoms with Gasteiger partial charge in [-0.05, 0) is 41.1 Å². The van der Waals surface area contributed by atoms with Gasteiger partial charge in [0.2, 0.25) is 0 Å². The molecule has 158 valence electrons. The zero-order valence-electron chi connectivity index (χ0n) is 16.7. The molecule has 0 bridgehead atoms. The Morgan fingerprint density at radius 1 is 0.781 bits per heavy atom. The normalized spacial score (nSPS) is 11.5. The van der Waals surface area contributed by atoms with Crippen LogP contribution in [0.2, 0.25) is 0 Å². The Bertz CT molecular complexity index is 1540. The van der Waals surface area contributed by atoms with Gasteiger partial charge >= 0.3 is 0 Å². The van der Waals surface area contributed by atoms with Crippen molar-refractivity contribution in [3.63, 3.8) is 0 Å². The van der Waals surface area contributed by atoms with Crippen molar-refractivity contribution in [2.24, 2.45) is 0 Å². The van der Waals surface area contributed by atoms with Gasteiger partial charge in [-0.3, -0.25) is 4.72 Å². The quantitative estimate of drug-likeness (QED) is 0.323. The summed E-state index contributed by atoms with van der Waals surface area (Å²) in [4.78, 5) is 4.74. The van der Waals surface area contributed by atoms with Gasteiger partial charge in [-0.25, -0.2) is 17.8 Å². The molecule has 4 aromatic carbocycles. The Kier molecular flexibility index (Phi) is 5.20. The Morgan fingerprint density at radius 2 is 1.47 bits per heavy atom. The lowest BCUT2D eigenvalue weighted by Crippen LogP contribution is -2.13. The van der Waals surface area contributed by atoms with E-state index in [1.54, 1.807) is 60.0 Å². The van der Waals surface area contributed by atoms with E-state index >= 15 is 0 Å². The van der Waals surface area contributed by atoms with Crippen LogP contribution in [0.1, 0.15) is 0 Å². The lowest BCUT2D eigenvalue weighted by atomic mass is 10.1. The first-order valence-corrected chi connectivity index (χ1v) is 12.2. The summed E-state index contributed by atoms with van der Waals surface area (Å²) in [5, 5.41) is 4.14. The van der Waals surface area contributed by atoms with E-state index in [9.17, 15) is 12.8 Å². The molecule has 0 atom stereocenters. The van der Waals surface area contributed by atoms with E-state index in [1.807, 2.05) is 30.3 Å². The molecular formula is C25H17FN2O2S2. The summed E-state index contributed by atoms with van der Waals surface area (Å²) < 4.78 is 43.1. The van der Waals surface area contributed by atoms with Crippen LogP contribution in [0.4, 0.5) is 10.1 Å². The molecule has 4 nitrogen and oxygen atoms in total. The number of anilines is 1. The van der Waals surface area contributed by atoms with Crippen LogP contribution in [0.15, 0.2) is 101 Å². The predicted molar refractivity (Wildman–Crippen MR) is 128 cm³/mol. The number of fused-ring (bicyclic) bond motifs is 1. The Labute approximate surface area is 189 Å². The Morgan fingerprint density at radius 3 is 2.28 bits per heavy atom. The molecule has 0 saturated carbocycles. The van der Waals surface area contributed by atoms with Crippen molar-refractivity contribution in [2.45, 2.75) is 4.90 Å². The number of nitrogens with zero attached hydrogens (tertiary/aromatic N) is 1. The largest absolute Gasteiger partial charge is 0.279 e. The van der Waals surface area contributed by atoms with Crippen LogP contribution in [0.5, 0.6) is 0 Å². The molecule has 5 aromatic rings. The molecule has 0 aliphatic heterocycles. The standard InChI is InChI=1S/C25H17FN2O2S2/c26-22-11-5-3-9-20(22)25-27-24(16-31-25)21-10-4-6-12-23(21)28-32(29,30)19-14-13-17-7-1-2-8-18(17)15-19/h1-16,28H. The molecule has 5 rings (SSSR count). The van der Waals surface area contributed by atoms with Crippen molar-refractivity contribution in [2.75, 3.05) is 4.72 Å². The molecule has 1 N–H and O–H groups in total. The van der Waals surface area contributed by atoms with E-state index in [0.29, 0.717) is 27.5 Å². The minimum absolute atomic E-state index is 0.177. The fourth-order valence-corrected chi connectivity index (χ4v) is 5.45. The van der Waals surface area contributed by atoms with Crippen LogP contribution in [0, 0.1) is 5.82 Å². The first-order chi connectivity index (χ1) is 15.5. The maximum atomic E-state index is 14.2. The average Bonchev–Trinajstić information content (AvgIpc) is 3.29. The molecule has 0 saturated heterocycles. The molecule has 1 heterocycles. The van der Waals surface area contributed by atoms with Gasteiger partial charge in [0.15, 0.2) is 0 Å². The van der Waals surface area contributed by atoms with Crippen LogP contribution in [-0.4, -0.2) is 13.4 Å². The first-order valence-electron chi connectivity index (χ1n) is 9.83. The van der Waals surface area contributed by atoms with Crippen LogP contribution in [-0.2, 0) is 10.0 Å². The molecule has 1 aromatic heterocycles. The summed E-state index contributed by atoms with van der Waals surface area (Å²) in [5.74, 6) is -0.348. The third-order valence-electron chi connectivity index (χ3n) is 5.09. The smallest absolute Gasteiger partial charge is 0.261 e. The molecule has 0 spiro atoms. The topological polar surface area (TPSA) is 59.1 Å². The molecule has 0 amide bonds. The van der Waals surface area contributed by atoms with Crippen LogP contribution < -0.4 is 4.72 Å². The number of nitrogens with one attached hydrogen (secondary N) is 1. The summed E-state index contributed by atoms with van der Waals surface area (Å²) in [6.07, 6.45) is 0. The third kappa shape index (κ3) is 3.88. The predicted octanol–water partition coefficient (Wildman–Crippen LogP) is 6.57. The van der Waals surface area contributed by atoms with Gasteiger partial charge in [0, 0.05) is 16.5 Å². The van der Waals surface area contributed by atoms with E-state index in [4.69, 9.17) is 0 Å². The molecule has 0 aliphatic rings. The summed E-state index contributed by atoms with van der Waals surface area (Å²) >= 11 is 1.31. The van der Waals surface area contributed by atoms with Crippen molar-refractivity contribution in [1.29, 1.82) is 0 Å². The summed E-state index contributed by atoms with van der Waals surface area (Å²) in [6, 6.07) is 26.1. The number of aromatic nitrogens is 1. The molecule has 32 heavy (non-hydrogen) atoms. The van der Waals surface area contributed by atoms with Gasteiger partial charge in [-0.1, -0.05) is 60.7 Å². The van der Waals surface area contributed by atoms with Crippen molar-refractivity contribution in [3.05, 3.63) is 102 Å². The van der Waals surface area contributed by atoms with E-state index in [-0.39, 0.29) is 10.7 Å². The number of sulfonamides is 1. The number of rotatable bonds is 5. The lowest BCUT2D eigenvalue weighted by molar-refractivity contribution is 0.601. The van der Waals surface area contributed by atoms with Gasteiger partial charge in [0.1, 0.15) is 10.8 Å². The Balaban J connectivity index is 1.50. The van der Waals surface area contributed by atoms with Gasteiger partial charge in [0.25, 0.3) is 10.0 Å². The number of thiazole rings is 1. The summed E-state index contributed by atoms with van der Waals surface area (Å²) in [6.45, 7) is 0. The van der Waals surface area contributed by atoms with E-state index in [0.717, 1.165) is 10.8 Å². The summed E-state index contributed by atoms with van der Waals surface area (Å²) in [7, 11) is -3.82. The zero-order valence-corrected chi connectivity index (χ0v) is 18.3. The highest BCUT2D eigenvalue weighted by atomic mass is 32.2. The zero-order chi connectivity index (χ0) is 22.1. The molecule has 0 fully saturated rings. The highest BCUT2D eigenvalue weighted by Gasteiger charge is 2.18. The average molecular weight is 461 g/mol. The van der Waals surface area contributed by atoms with Gasteiger partial charge in [-0.2, -0.15) is 0 Å². The number of halogens is 1. The number of para-hydroxylation sites is 1. The molecular weight excluding hydrogens is 443 g/mol.